The second kappa shape index (κ2) is 6.94. The van der Waals surface area contributed by atoms with E-state index in [1.807, 2.05) is 24.3 Å². The van der Waals surface area contributed by atoms with E-state index in [0.29, 0.717) is 0 Å². The molecule has 0 atom stereocenters. The second-order valence-corrected chi connectivity index (χ2v) is 5.09. The lowest BCUT2D eigenvalue weighted by Gasteiger charge is -1.99. The highest BCUT2D eigenvalue weighted by atomic mass is 35.5. The van der Waals surface area contributed by atoms with E-state index in [9.17, 15) is 4.39 Å². The van der Waals surface area contributed by atoms with Crippen molar-refractivity contribution in [2.45, 2.75) is 0 Å². The van der Waals surface area contributed by atoms with Gasteiger partial charge in [-0.15, -0.1) is 0 Å². The van der Waals surface area contributed by atoms with Crippen molar-refractivity contribution in [1.82, 2.24) is 4.98 Å². The molecule has 1 aromatic heterocycles. The highest BCUT2D eigenvalue weighted by Crippen LogP contribution is 2.25. The van der Waals surface area contributed by atoms with Crippen molar-refractivity contribution in [3.05, 3.63) is 70.6 Å². The number of nitrogens with one attached hydrogen (secondary N) is 1. The first-order chi connectivity index (χ1) is 11.7. The molecule has 0 aliphatic heterocycles. The van der Waals surface area contributed by atoms with Crippen LogP contribution in [-0.2, 0) is 0 Å². The summed E-state index contributed by atoms with van der Waals surface area (Å²) in [5.74, 6) is -0.148. The topological polar surface area (TPSA) is 74.2 Å². The highest BCUT2D eigenvalue weighted by molar-refractivity contribution is 6.33. The number of nitrogens with zero attached hydrogens (tertiary/aromatic N) is 3. The molecular weight excluding hydrogens is 331 g/mol. The fourth-order valence-electron chi connectivity index (χ4n) is 1.97. The van der Waals surface area contributed by atoms with Crippen molar-refractivity contribution in [1.29, 1.82) is 5.26 Å². The monoisotopic (exact) mass is 340 g/mol. The van der Waals surface area contributed by atoms with Crippen LogP contribution in [0, 0.1) is 17.1 Å². The molecule has 0 spiro atoms. The molecule has 1 heterocycles. The molecule has 0 radical (unpaired) electrons. The summed E-state index contributed by atoms with van der Waals surface area (Å²) in [6.45, 7) is 0. The van der Waals surface area contributed by atoms with Crippen molar-refractivity contribution >= 4 is 23.7 Å². The maximum atomic E-state index is 13.7. The van der Waals surface area contributed by atoms with Gasteiger partial charge in [0.25, 0.3) is 5.88 Å². The lowest BCUT2D eigenvalue weighted by molar-refractivity contribution is 0.587. The zero-order valence-corrected chi connectivity index (χ0v) is 13.0. The number of halogens is 2. The third-order valence-corrected chi connectivity index (χ3v) is 3.44. The minimum absolute atomic E-state index is 0.0469. The lowest BCUT2D eigenvalue weighted by Crippen LogP contribution is -1.94. The smallest absolute Gasteiger partial charge is 0.252 e. The quantitative estimate of drug-likeness (QED) is 0.562. The first-order valence-corrected chi connectivity index (χ1v) is 7.26. The Balaban J connectivity index is 1.84. The Morgan fingerprint density at radius 1 is 1.21 bits per heavy atom. The summed E-state index contributed by atoms with van der Waals surface area (Å²) in [4.78, 5) is 4.10. The van der Waals surface area contributed by atoms with E-state index >= 15 is 0 Å². The third kappa shape index (κ3) is 3.26. The Hall–Kier alpha value is -3.17. The van der Waals surface area contributed by atoms with E-state index in [0.717, 1.165) is 5.56 Å². The molecule has 0 aliphatic rings. The van der Waals surface area contributed by atoms with Crippen LogP contribution in [0.3, 0.4) is 0 Å². The summed E-state index contributed by atoms with van der Waals surface area (Å²) in [5, 5.41) is 13.2. The number of hydrazone groups is 1. The van der Waals surface area contributed by atoms with Gasteiger partial charge in [-0.2, -0.15) is 15.3 Å². The van der Waals surface area contributed by atoms with Crippen LogP contribution in [0.5, 0.6) is 0 Å². The normalized spacial score (nSPS) is 10.7. The van der Waals surface area contributed by atoms with E-state index < -0.39 is 5.82 Å². The van der Waals surface area contributed by atoms with E-state index in [4.69, 9.17) is 21.3 Å². The molecule has 118 valence electrons. The van der Waals surface area contributed by atoms with Gasteiger partial charge >= 0.3 is 0 Å². The third-order valence-electron chi connectivity index (χ3n) is 3.11. The van der Waals surface area contributed by atoms with Gasteiger partial charge in [-0.3, -0.25) is 0 Å². The molecule has 0 unspecified atom stereocenters. The molecular formula is C17H10ClFN4O. The number of oxazole rings is 1. The minimum atomic E-state index is -0.504. The Kier molecular flexibility index (Phi) is 4.54. The molecule has 0 amide bonds. The number of hydrogen-bond acceptors (Lipinski definition) is 5. The second-order valence-electron chi connectivity index (χ2n) is 4.68. The number of hydrogen-bond donors (Lipinski definition) is 1. The molecule has 1 N–H and O–H groups in total. The van der Waals surface area contributed by atoms with Crippen LogP contribution in [0.15, 0.2) is 58.0 Å². The Morgan fingerprint density at radius 2 is 2.00 bits per heavy atom. The molecule has 0 fully saturated rings. The zero-order valence-electron chi connectivity index (χ0n) is 12.2. The van der Waals surface area contributed by atoms with Gasteiger partial charge in [0.2, 0.25) is 11.6 Å². The van der Waals surface area contributed by atoms with Gasteiger partial charge in [0.05, 0.1) is 11.2 Å². The molecule has 24 heavy (non-hydrogen) atoms. The van der Waals surface area contributed by atoms with Crippen molar-refractivity contribution in [2.75, 3.05) is 5.43 Å². The maximum absolute atomic E-state index is 13.7. The lowest BCUT2D eigenvalue weighted by atomic mass is 10.2. The van der Waals surface area contributed by atoms with Crippen LogP contribution in [-0.4, -0.2) is 11.2 Å². The predicted octanol–water partition coefficient (Wildman–Crippen LogP) is 4.45. The van der Waals surface area contributed by atoms with E-state index in [1.54, 1.807) is 18.2 Å². The first-order valence-electron chi connectivity index (χ1n) is 6.88. The average Bonchev–Trinajstić information content (AvgIpc) is 3.01. The molecule has 0 aliphatic carbocycles. The van der Waals surface area contributed by atoms with Crippen molar-refractivity contribution < 1.29 is 8.81 Å². The summed E-state index contributed by atoms with van der Waals surface area (Å²) >= 11 is 5.91. The predicted molar refractivity (Wildman–Crippen MR) is 89.3 cm³/mol. The fourth-order valence-corrected chi connectivity index (χ4v) is 2.18. The Labute approximate surface area is 142 Å². The molecule has 3 aromatic rings. The summed E-state index contributed by atoms with van der Waals surface area (Å²) < 4.78 is 19.2. The highest BCUT2D eigenvalue weighted by Gasteiger charge is 2.13. The van der Waals surface area contributed by atoms with Crippen molar-refractivity contribution in [3.63, 3.8) is 0 Å². The molecule has 0 saturated heterocycles. The summed E-state index contributed by atoms with van der Waals surface area (Å²) in [7, 11) is 0. The van der Waals surface area contributed by atoms with Gasteiger partial charge in [-0.25, -0.2) is 9.82 Å². The van der Waals surface area contributed by atoms with Crippen LogP contribution in [0.4, 0.5) is 10.3 Å². The van der Waals surface area contributed by atoms with Crippen LogP contribution in [0.1, 0.15) is 11.3 Å². The number of aromatic nitrogens is 1. The van der Waals surface area contributed by atoms with Crippen molar-refractivity contribution in [2.24, 2.45) is 5.10 Å². The standard InChI is InChI=1S/C17H10ClFN4O/c18-13-7-4-8-14(19)12(13)10-21-23-17-15(9-20)22-16(24-17)11-5-2-1-3-6-11/h1-8,10,23H. The maximum Gasteiger partial charge on any atom is 0.252 e. The molecule has 5 nitrogen and oxygen atoms in total. The van der Waals surface area contributed by atoms with Gasteiger partial charge in [-0.1, -0.05) is 35.9 Å². The molecule has 0 saturated carbocycles. The largest absolute Gasteiger partial charge is 0.417 e. The van der Waals surface area contributed by atoms with Gasteiger partial charge in [0, 0.05) is 11.1 Å². The molecule has 0 bridgehead atoms. The number of anilines is 1. The average molecular weight is 341 g/mol. The van der Waals surface area contributed by atoms with Crippen LogP contribution in [0.25, 0.3) is 11.5 Å². The number of rotatable bonds is 4. The number of nitriles is 1. The van der Waals surface area contributed by atoms with Gasteiger partial charge in [0.1, 0.15) is 11.9 Å². The molecule has 7 heteroatoms. The molecule has 3 rings (SSSR count). The van der Waals surface area contributed by atoms with Crippen LogP contribution >= 0.6 is 11.6 Å². The van der Waals surface area contributed by atoms with Gasteiger partial charge in [0.15, 0.2) is 0 Å². The van der Waals surface area contributed by atoms with E-state index in [1.165, 1.54) is 18.3 Å². The van der Waals surface area contributed by atoms with Crippen LogP contribution < -0.4 is 5.43 Å². The van der Waals surface area contributed by atoms with Gasteiger partial charge < -0.3 is 4.42 Å². The van der Waals surface area contributed by atoms with E-state index in [2.05, 4.69) is 15.5 Å². The number of benzene rings is 2. The summed E-state index contributed by atoms with van der Waals surface area (Å²) in [6, 6.07) is 15.4. The van der Waals surface area contributed by atoms with E-state index in [-0.39, 0.29) is 28.1 Å². The summed E-state index contributed by atoms with van der Waals surface area (Å²) in [6.07, 6.45) is 1.21. The first kappa shape index (κ1) is 15.7. The zero-order chi connectivity index (χ0) is 16.9. The van der Waals surface area contributed by atoms with Crippen molar-refractivity contribution in [3.8, 4) is 17.5 Å². The van der Waals surface area contributed by atoms with Crippen LogP contribution in [0.2, 0.25) is 5.02 Å². The fraction of sp³-hybridized carbons (Fsp3) is 0. The molecule has 2 aromatic carbocycles. The Morgan fingerprint density at radius 3 is 2.71 bits per heavy atom. The SMILES string of the molecule is N#Cc1nc(-c2ccccc2)oc1NN=Cc1c(F)cccc1Cl. The van der Waals surface area contributed by atoms with Gasteiger partial charge in [-0.05, 0) is 24.3 Å². The Bertz CT molecular complexity index is 911. The minimum Gasteiger partial charge on any atom is -0.417 e. The summed E-state index contributed by atoms with van der Waals surface area (Å²) in [5.41, 5.74) is 3.45.